The summed E-state index contributed by atoms with van der Waals surface area (Å²) in [7, 11) is 3.23. The molecule has 5 nitrogen and oxygen atoms in total. The van der Waals surface area contributed by atoms with Gasteiger partial charge in [-0.3, -0.25) is 4.79 Å². The minimum Gasteiger partial charge on any atom is -0.497 e. The van der Waals surface area contributed by atoms with Crippen LogP contribution < -0.4 is 14.8 Å². The number of methoxy groups -OCH3 is 2. The van der Waals surface area contributed by atoms with Crippen LogP contribution in [0.1, 0.15) is 17.5 Å². The van der Waals surface area contributed by atoms with Crippen molar-refractivity contribution in [2.45, 2.75) is 19.8 Å². The molecular formula is C21H22N2O3S. The van der Waals surface area contributed by atoms with Crippen molar-refractivity contribution in [2.24, 2.45) is 0 Å². The molecule has 1 N–H and O–H groups in total. The molecule has 3 aromatic rings. The molecule has 140 valence electrons. The number of nitrogens with one attached hydrogen (secondary N) is 1. The third-order valence-corrected chi connectivity index (χ3v) is 4.91. The van der Waals surface area contributed by atoms with E-state index in [-0.39, 0.29) is 5.91 Å². The van der Waals surface area contributed by atoms with E-state index in [1.807, 2.05) is 48.7 Å². The van der Waals surface area contributed by atoms with E-state index in [9.17, 15) is 4.79 Å². The summed E-state index contributed by atoms with van der Waals surface area (Å²) >= 11 is 1.39. The number of carbonyl (C=O) groups excluding carboxylic acids is 1. The van der Waals surface area contributed by atoms with Gasteiger partial charge >= 0.3 is 0 Å². The van der Waals surface area contributed by atoms with Crippen molar-refractivity contribution in [3.8, 4) is 22.8 Å². The molecule has 6 heteroatoms. The van der Waals surface area contributed by atoms with Crippen LogP contribution in [-0.4, -0.2) is 25.1 Å². The minimum atomic E-state index is -0.0463. The van der Waals surface area contributed by atoms with Crippen molar-refractivity contribution in [1.29, 1.82) is 0 Å². The predicted molar refractivity (Wildman–Crippen MR) is 109 cm³/mol. The molecule has 1 amide bonds. The second-order valence-electron chi connectivity index (χ2n) is 6.14. The zero-order valence-electron chi connectivity index (χ0n) is 15.6. The fourth-order valence-electron chi connectivity index (χ4n) is 2.78. The molecule has 0 fully saturated rings. The molecule has 1 heterocycles. The molecule has 0 aliphatic carbocycles. The van der Waals surface area contributed by atoms with Crippen molar-refractivity contribution in [3.63, 3.8) is 0 Å². The Morgan fingerprint density at radius 3 is 2.74 bits per heavy atom. The van der Waals surface area contributed by atoms with Gasteiger partial charge in [-0.25, -0.2) is 4.98 Å². The van der Waals surface area contributed by atoms with Gasteiger partial charge in [0.1, 0.15) is 11.5 Å². The third kappa shape index (κ3) is 4.86. The van der Waals surface area contributed by atoms with Crippen LogP contribution in [0.5, 0.6) is 11.5 Å². The van der Waals surface area contributed by atoms with Gasteiger partial charge in [-0.05, 0) is 37.1 Å². The van der Waals surface area contributed by atoms with Gasteiger partial charge in [-0.15, -0.1) is 11.3 Å². The van der Waals surface area contributed by atoms with E-state index in [4.69, 9.17) is 9.47 Å². The first-order chi connectivity index (χ1) is 13.1. The molecular weight excluding hydrogens is 360 g/mol. The van der Waals surface area contributed by atoms with E-state index < -0.39 is 0 Å². The van der Waals surface area contributed by atoms with Gasteiger partial charge in [0, 0.05) is 17.4 Å². The predicted octanol–water partition coefficient (Wildman–Crippen LogP) is 4.71. The number of rotatable bonds is 7. The van der Waals surface area contributed by atoms with Gasteiger partial charge in [-0.2, -0.15) is 0 Å². The summed E-state index contributed by atoms with van der Waals surface area (Å²) in [5, 5.41) is 5.35. The van der Waals surface area contributed by atoms with E-state index >= 15 is 0 Å². The number of carbonyl (C=O) groups is 1. The Morgan fingerprint density at radius 2 is 2.00 bits per heavy atom. The standard InChI is InChI=1S/C21H22N2O3S/c1-14-5-4-6-15(11-14)7-10-20(24)23-21-22-18(13-27-21)17-12-16(25-2)8-9-19(17)26-3/h4-6,8-9,11-13H,7,10H2,1-3H3,(H,22,23,24). The Balaban J connectivity index is 1.66. The monoisotopic (exact) mass is 382 g/mol. The highest BCUT2D eigenvalue weighted by Crippen LogP contribution is 2.35. The lowest BCUT2D eigenvalue weighted by atomic mass is 10.1. The van der Waals surface area contributed by atoms with Gasteiger partial charge in [0.05, 0.1) is 19.9 Å². The summed E-state index contributed by atoms with van der Waals surface area (Å²) in [5.74, 6) is 1.39. The van der Waals surface area contributed by atoms with Gasteiger partial charge in [0.2, 0.25) is 5.91 Å². The van der Waals surface area contributed by atoms with Crippen LogP contribution in [0.4, 0.5) is 5.13 Å². The molecule has 3 rings (SSSR count). The van der Waals surface area contributed by atoms with E-state index in [2.05, 4.69) is 16.4 Å². The molecule has 0 saturated carbocycles. The molecule has 0 bridgehead atoms. The first-order valence-corrected chi connectivity index (χ1v) is 9.50. The number of amides is 1. The number of hydrogen-bond donors (Lipinski definition) is 1. The van der Waals surface area contributed by atoms with Crippen LogP contribution in [0.3, 0.4) is 0 Å². The molecule has 1 aromatic heterocycles. The van der Waals surface area contributed by atoms with E-state index in [1.54, 1.807) is 14.2 Å². The van der Waals surface area contributed by atoms with Gasteiger partial charge in [0.15, 0.2) is 5.13 Å². The van der Waals surface area contributed by atoms with Crippen LogP contribution >= 0.6 is 11.3 Å². The number of aromatic nitrogens is 1. The van der Waals surface area contributed by atoms with Crippen LogP contribution in [0.15, 0.2) is 47.8 Å². The molecule has 2 aromatic carbocycles. The Labute approximate surface area is 163 Å². The number of benzene rings is 2. The van der Waals surface area contributed by atoms with Crippen LogP contribution in [0.25, 0.3) is 11.3 Å². The summed E-state index contributed by atoms with van der Waals surface area (Å²) in [6.45, 7) is 2.05. The molecule has 0 atom stereocenters. The highest BCUT2D eigenvalue weighted by Gasteiger charge is 2.13. The first-order valence-electron chi connectivity index (χ1n) is 8.62. The van der Waals surface area contributed by atoms with Crippen molar-refractivity contribution >= 4 is 22.4 Å². The Hall–Kier alpha value is -2.86. The average Bonchev–Trinajstić information content (AvgIpc) is 3.14. The molecule has 0 radical (unpaired) electrons. The van der Waals surface area contributed by atoms with Gasteiger partial charge in [0.25, 0.3) is 0 Å². The molecule has 0 aliphatic rings. The zero-order valence-corrected chi connectivity index (χ0v) is 16.4. The summed E-state index contributed by atoms with van der Waals surface area (Å²) < 4.78 is 10.7. The van der Waals surface area contributed by atoms with E-state index in [0.29, 0.717) is 23.7 Å². The largest absolute Gasteiger partial charge is 0.497 e. The number of ether oxygens (including phenoxy) is 2. The van der Waals surface area contributed by atoms with Gasteiger partial charge < -0.3 is 14.8 Å². The topological polar surface area (TPSA) is 60.5 Å². The Morgan fingerprint density at radius 1 is 1.15 bits per heavy atom. The number of aryl methyl sites for hydroxylation is 2. The lowest BCUT2D eigenvalue weighted by molar-refractivity contribution is -0.116. The van der Waals surface area contributed by atoms with E-state index in [1.165, 1.54) is 16.9 Å². The minimum absolute atomic E-state index is 0.0463. The smallest absolute Gasteiger partial charge is 0.226 e. The van der Waals surface area contributed by atoms with Gasteiger partial charge in [-0.1, -0.05) is 29.8 Å². The quantitative estimate of drug-likeness (QED) is 0.643. The molecule has 0 unspecified atom stereocenters. The number of anilines is 1. The van der Waals surface area contributed by atoms with E-state index in [0.717, 1.165) is 22.6 Å². The fourth-order valence-corrected chi connectivity index (χ4v) is 3.50. The molecule has 27 heavy (non-hydrogen) atoms. The lowest BCUT2D eigenvalue weighted by Crippen LogP contribution is -2.12. The second kappa shape index (κ2) is 8.68. The Bertz CT molecular complexity index is 937. The fraction of sp³-hybridized carbons (Fsp3) is 0.238. The summed E-state index contributed by atoms with van der Waals surface area (Å²) in [4.78, 5) is 16.8. The molecule has 0 aliphatic heterocycles. The maximum Gasteiger partial charge on any atom is 0.226 e. The zero-order chi connectivity index (χ0) is 19.2. The summed E-state index contributed by atoms with van der Waals surface area (Å²) in [5.41, 5.74) is 3.92. The van der Waals surface area contributed by atoms with Crippen molar-refractivity contribution in [3.05, 3.63) is 59.0 Å². The van der Waals surface area contributed by atoms with Crippen LogP contribution in [0.2, 0.25) is 0 Å². The second-order valence-corrected chi connectivity index (χ2v) is 7.00. The Kier molecular flexibility index (Phi) is 6.08. The lowest BCUT2D eigenvalue weighted by Gasteiger charge is -2.08. The molecule has 0 saturated heterocycles. The highest BCUT2D eigenvalue weighted by atomic mass is 32.1. The average molecular weight is 382 g/mol. The first kappa shape index (κ1) is 18.9. The summed E-state index contributed by atoms with van der Waals surface area (Å²) in [6, 6.07) is 13.7. The van der Waals surface area contributed by atoms with Crippen LogP contribution in [0, 0.1) is 6.92 Å². The highest BCUT2D eigenvalue weighted by molar-refractivity contribution is 7.14. The maximum atomic E-state index is 12.3. The maximum absolute atomic E-state index is 12.3. The van der Waals surface area contributed by atoms with Crippen molar-refractivity contribution in [1.82, 2.24) is 4.98 Å². The number of thiazole rings is 1. The third-order valence-electron chi connectivity index (χ3n) is 4.16. The van der Waals surface area contributed by atoms with Crippen molar-refractivity contribution < 1.29 is 14.3 Å². The number of nitrogens with zero attached hydrogens (tertiary/aromatic N) is 1. The molecule has 0 spiro atoms. The van der Waals surface area contributed by atoms with Crippen molar-refractivity contribution in [2.75, 3.05) is 19.5 Å². The summed E-state index contributed by atoms with van der Waals surface area (Å²) in [6.07, 6.45) is 1.12. The number of hydrogen-bond acceptors (Lipinski definition) is 5. The normalized spacial score (nSPS) is 10.5. The van der Waals surface area contributed by atoms with Crippen LogP contribution in [-0.2, 0) is 11.2 Å². The SMILES string of the molecule is COc1ccc(OC)c(-c2csc(NC(=O)CCc3cccc(C)c3)n2)c1.